The molecule has 0 unspecified atom stereocenters. The van der Waals surface area contributed by atoms with Crippen molar-refractivity contribution in [2.24, 2.45) is 0 Å². The average molecular weight is 558 g/mol. The van der Waals surface area contributed by atoms with Crippen molar-refractivity contribution in [1.82, 2.24) is 14.7 Å². The molecule has 2 saturated heterocycles. The molecule has 2 aromatic rings. The standard InChI is InChI=1S/C27H41N3O.C8H10.C2H4/c1-3-29-25(15-10-16-26(29)23-11-6-4-7-12-23)17-18-27(31)30-20-19-28(21-22(30)2)24-13-8-5-9-14-24;1-7-3-5-8(2)6-4-7;1-2/h3-4,6-7,11-12,22,24-26H,1,5,8-10,13-21H2,2H3;3-6H,1-2H3;1-2H2/t22-,25+,26-;;/m0../s1. The Hall–Kier alpha value is -2.85. The number of rotatable bonds is 6. The number of carbonyl (C=O) groups is 1. The Labute approximate surface area is 251 Å². The summed E-state index contributed by atoms with van der Waals surface area (Å²) in [5.74, 6) is 0.349. The molecule has 0 spiro atoms. The zero-order valence-corrected chi connectivity index (χ0v) is 26.1. The fourth-order valence-electron chi connectivity index (χ4n) is 6.89. The topological polar surface area (TPSA) is 26.8 Å². The van der Waals surface area contributed by atoms with Crippen molar-refractivity contribution in [1.29, 1.82) is 0 Å². The van der Waals surface area contributed by atoms with E-state index in [1.807, 2.05) is 6.20 Å². The van der Waals surface area contributed by atoms with Crippen LogP contribution in [0.4, 0.5) is 0 Å². The van der Waals surface area contributed by atoms with E-state index in [1.54, 1.807) is 0 Å². The van der Waals surface area contributed by atoms with Crippen LogP contribution in [0.1, 0.15) is 93.9 Å². The molecule has 2 heterocycles. The number of nitrogens with zero attached hydrogens (tertiary/aromatic N) is 3. The molecular formula is C37H55N3O. The van der Waals surface area contributed by atoms with Gasteiger partial charge in [-0.1, -0.05) is 91.6 Å². The van der Waals surface area contributed by atoms with Crippen molar-refractivity contribution in [3.63, 3.8) is 0 Å². The van der Waals surface area contributed by atoms with Crippen LogP contribution in [0.25, 0.3) is 0 Å². The molecule has 1 aliphatic carbocycles. The molecule has 3 fully saturated rings. The maximum absolute atomic E-state index is 13.1. The fourth-order valence-corrected chi connectivity index (χ4v) is 6.89. The maximum atomic E-state index is 13.1. The Morgan fingerprint density at radius 3 is 2.07 bits per heavy atom. The molecule has 2 aromatic carbocycles. The van der Waals surface area contributed by atoms with Gasteiger partial charge in [-0.3, -0.25) is 9.69 Å². The normalized spacial score (nSPS) is 23.4. The molecule has 0 radical (unpaired) electrons. The second-order valence-electron chi connectivity index (χ2n) is 12.1. The Morgan fingerprint density at radius 1 is 0.854 bits per heavy atom. The van der Waals surface area contributed by atoms with Gasteiger partial charge >= 0.3 is 0 Å². The molecule has 1 amide bonds. The number of hydrogen-bond acceptors (Lipinski definition) is 3. The van der Waals surface area contributed by atoms with Gasteiger partial charge in [0, 0.05) is 44.2 Å². The van der Waals surface area contributed by atoms with Crippen LogP contribution in [-0.4, -0.2) is 58.4 Å². The van der Waals surface area contributed by atoms with Crippen LogP contribution in [0.5, 0.6) is 0 Å². The predicted molar refractivity (Wildman–Crippen MR) is 175 cm³/mol. The number of hydrogen-bond donors (Lipinski definition) is 0. The first-order valence-electron chi connectivity index (χ1n) is 16.0. The predicted octanol–water partition coefficient (Wildman–Crippen LogP) is 8.48. The number of piperidine rings is 1. The van der Waals surface area contributed by atoms with E-state index in [-0.39, 0.29) is 0 Å². The number of aryl methyl sites for hydroxylation is 2. The summed E-state index contributed by atoms with van der Waals surface area (Å²) in [6, 6.07) is 21.2. The quantitative estimate of drug-likeness (QED) is 0.333. The zero-order chi connectivity index (χ0) is 29.6. The Balaban J connectivity index is 0.000000394. The van der Waals surface area contributed by atoms with Gasteiger partial charge in [0.1, 0.15) is 0 Å². The molecule has 224 valence electrons. The third kappa shape index (κ3) is 9.60. The van der Waals surface area contributed by atoms with E-state index in [9.17, 15) is 4.79 Å². The molecule has 3 aliphatic rings. The first kappa shape index (κ1) is 32.7. The lowest BCUT2D eigenvalue weighted by Gasteiger charge is -2.45. The minimum absolute atomic E-state index is 0.335. The first-order chi connectivity index (χ1) is 20.0. The zero-order valence-electron chi connectivity index (χ0n) is 26.1. The molecule has 4 nitrogen and oxygen atoms in total. The van der Waals surface area contributed by atoms with Gasteiger partial charge in [-0.2, -0.15) is 0 Å². The smallest absolute Gasteiger partial charge is 0.222 e. The van der Waals surface area contributed by atoms with Crippen LogP contribution in [0.15, 0.2) is 80.5 Å². The van der Waals surface area contributed by atoms with Crippen LogP contribution < -0.4 is 0 Å². The molecule has 4 heteroatoms. The molecule has 41 heavy (non-hydrogen) atoms. The summed E-state index contributed by atoms with van der Waals surface area (Å²) in [6.45, 7) is 19.6. The minimum atomic E-state index is 0.335. The highest BCUT2D eigenvalue weighted by molar-refractivity contribution is 5.76. The minimum Gasteiger partial charge on any atom is -0.368 e. The van der Waals surface area contributed by atoms with Gasteiger partial charge in [-0.15, -0.1) is 13.2 Å². The second-order valence-corrected chi connectivity index (χ2v) is 12.1. The summed E-state index contributed by atoms with van der Waals surface area (Å²) in [4.78, 5) is 20.4. The van der Waals surface area contributed by atoms with Gasteiger partial charge in [-0.05, 0) is 71.1 Å². The van der Waals surface area contributed by atoms with E-state index >= 15 is 0 Å². The Bertz CT molecular complexity index is 1010. The summed E-state index contributed by atoms with van der Waals surface area (Å²) in [5.41, 5.74) is 4.03. The number of benzene rings is 2. The van der Waals surface area contributed by atoms with Crippen molar-refractivity contribution in [2.45, 2.75) is 109 Å². The van der Waals surface area contributed by atoms with Crippen molar-refractivity contribution in [3.8, 4) is 0 Å². The van der Waals surface area contributed by atoms with Crippen LogP contribution in [0, 0.1) is 13.8 Å². The highest BCUT2D eigenvalue weighted by atomic mass is 16.2. The molecule has 1 saturated carbocycles. The van der Waals surface area contributed by atoms with Crippen molar-refractivity contribution in [3.05, 3.63) is 97.2 Å². The number of likely N-dealkylation sites (tertiary alicyclic amines) is 1. The number of piperazine rings is 1. The van der Waals surface area contributed by atoms with Gasteiger partial charge in [-0.25, -0.2) is 0 Å². The molecule has 3 atom stereocenters. The molecule has 2 aliphatic heterocycles. The van der Waals surface area contributed by atoms with Gasteiger partial charge in [0.05, 0.1) is 6.04 Å². The monoisotopic (exact) mass is 557 g/mol. The van der Waals surface area contributed by atoms with Crippen LogP contribution in [0.3, 0.4) is 0 Å². The van der Waals surface area contributed by atoms with Crippen LogP contribution in [0.2, 0.25) is 0 Å². The summed E-state index contributed by atoms with van der Waals surface area (Å²) in [7, 11) is 0. The van der Waals surface area contributed by atoms with Gasteiger partial charge in [0.15, 0.2) is 0 Å². The SMILES string of the molecule is C=C.C=CN1[C@@H](CCC(=O)N2CCN(C3CCCCC3)C[C@@H]2C)CCC[C@H]1c1ccccc1.Cc1ccc(C)cc1. The summed E-state index contributed by atoms with van der Waals surface area (Å²) in [5, 5.41) is 0. The fraction of sp³-hybridized carbons (Fsp3) is 0.541. The summed E-state index contributed by atoms with van der Waals surface area (Å²) in [6.07, 6.45) is 14.0. The van der Waals surface area contributed by atoms with E-state index in [0.29, 0.717) is 30.5 Å². The van der Waals surface area contributed by atoms with Gasteiger partial charge in [0.2, 0.25) is 5.91 Å². The lowest BCUT2D eigenvalue weighted by atomic mass is 9.89. The maximum Gasteiger partial charge on any atom is 0.222 e. The van der Waals surface area contributed by atoms with E-state index in [0.717, 1.165) is 38.5 Å². The Kier molecular flexibility index (Phi) is 13.7. The lowest BCUT2D eigenvalue weighted by Crippen LogP contribution is -2.56. The first-order valence-corrected chi connectivity index (χ1v) is 16.0. The third-order valence-electron chi connectivity index (χ3n) is 9.17. The van der Waals surface area contributed by atoms with E-state index in [2.05, 4.69) is 110 Å². The number of carbonyl (C=O) groups excluding carboxylic acids is 1. The number of amides is 1. The van der Waals surface area contributed by atoms with E-state index in [4.69, 9.17) is 0 Å². The highest BCUT2D eigenvalue weighted by Crippen LogP contribution is 2.36. The van der Waals surface area contributed by atoms with Gasteiger partial charge in [0.25, 0.3) is 0 Å². The molecular weight excluding hydrogens is 502 g/mol. The average Bonchev–Trinajstić information content (AvgIpc) is 3.03. The molecule has 0 aromatic heterocycles. The summed E-state index contributed by atoms with van der Waals surface area (Å²) < 4.78 is 0. The lowest BCUT2D eigenvalue weighted by molar-refractivity contribution is -0.136. The molecule has 5 rings (SSSR count). The van der Waals surface area contributed by atoms with Crippen molar-refractivity contribution >= 4 is 5.91 Å². The molecule has 0 N–H and O–H groups in total. The van der Waals surface area contributed by atoms with E-state index in [1.165, 1.54) is 61.6 Å². The third-order valence-corrected chi connectivity index (χ3v) is 9.17. The second kappa shape index (κ2) is 17.2. The van der Waals surface area contributed by atoms with Crippen LogP contribution in [-0.2, 0) is 4.79 Å². The van der Waals surface area contributed by atoms with Crippen LogP contribution >= 0.6 is 0 Å². The Morgan fingerprint density at radius 2 is 1.49 bits per heavy atom. The highest BCUT2D eigenvalue weighted by Gasteiger charge is 2.33. The van der Waals surface area contributed by atoms with Crippen molar-refractivity contribution in [2.75, 3.05) is 19.6 Å². The summed E-state index contributed by atoms with van der Waals surface area (Å²) >= 11 is 0. The van der Waals surface area contributed by atoms with Crippen molar-refractivity contribution < 1.29 is 4.79 Å². The van der Waals surface area contributed by atoms with E-state index < -0.39 is 0 Å². The van der Waals surface area contributed by atoms with Gasteiger partial charge < -0.3 is 9.80 Å². The largest absolute Gasteiger partial charge is 0.368 e. The molecule has 0 bridgehead atoms.